The summed E-state index contributed by atoms with van der Waals surface area (Å²) in [6, 6.07) is 4.44. The summed E-state index contributed by atoms with van der Waals surface area (Å²) < 4.78 is 0. The minimum absolute atomic E-state index is 0.334. The molecular formula is C15H20N2S. The van der Waals surface area contributed by atoms with E-state index in [0.717, 1.165) is 10.7 Å². The number of nitrogens with two attached hydrogens (primary N) is 1. The van der Waals surface area contributed by atoms with Gasteiger partial charge in [0.2, 0.25) is 0 Å². The van der Waals surface area contributed by atoms with Gasteiger partial charge in [0.15, 0.2) is 0 Å². The van der Waals surface area contributed by atoms with E-state index in [1.165, 1.54) is 22.3 Å². The Morgan fingerprint density at radius 1 is 1.22 bits per heavy atom. The number of nitrogens with zero attached hydrogens (tertiary/aromatic N) is 1. The topological polar surface area (TPSA) is 38.9 Å². The van der Waals surface area contributed by atoms with E-state index in [1.54, 1.807) is 11.3 Å². The minimum atomic E-state index is 0.334. The lowest BCUT2D eigenvalue weighted by molar-refractivity contribution is 0.752. The van der Waals surface area contributed by atoms with Crippen molar-refractivity contribution in [1.29, 1.82) is 0 Å². The smallest absolute Gasteiger partial charge is 0.124 e. The van der Waals surface area contributed by atoms with Crippen molar-refractivity contribution in [2.24, 2.45) is 5.73 Å². The van der Waals surface area contributed by atoms with Gasteiger partial charge in [-0.1, -0.05) is 24.6 Å². The molecule has 0 saturated carbocycles. The van der Waals surface area contributed by atoms with Gasteiger partial charge >= 0.3 is 0 Å². The van der Waals surface area contributed by atoms with Gasteiger partial charge in [-0.25, -0.2) is 4.98 Å². The second-order valence-electron chi connectivity index (χ2n) is 4.99. The molecule has 1 heterocycles. The van der Waals surface area contributed by atoms with Gasteiger partial charge in [-0.05, 0) is 31.9 Å². The molecule has 96 valence electrons. The Bertz CT molecular complexity index is 534. The van der Waals surface area contributed by atoms with Gasteiger partial charge in [-0.2, -0.15) is 0 Å². The van der Waals surface area contributed by atoms with Crippen LogP contribution in [0.3, 0.4) is 0 Å². The van der Waals surface area contributed by atoms with Gasteiger partial charge in [0, 0.05) is 23.4 Å². The van der Waals surface area contributed by atoms with Crippen molar-refractivity contribution in [3.05, 3.63) is 39.9 Å². The lowest BCUT2D eigenvalue weighted by Crippen LogP contribution is -2.09. The molecule has 1 aromatic heterocycles. The van der Waals surface area contributed by atoms with Crippen LogP contribution in [0.4, 0.5) is 0 Å². The molecule has 0 aliphatic rings. The Kier molecular flexibility index (Phi) is 3.83. The third-order valence-corrected chi connectivity index (χ3v) is 4.15. The van der Waals surface area contributed by atoms with Gasteiger partial charge in [-0.15, -0.1) is 11.3 Å². The number of hydrogen-bond donors (Lipinski definition) is 1. The predicted octanol–water partition coefficient (Wildman–Crippen LogP) is 3.80. The zero-order valence-electron chi connectivity index (χ0n) is 11.4. The molecule has 0 radical (unpaired) electrons. The molecule has 0 saturated heterocycles. The van der Waals surface area contributed by atoms with Crippen LogP contribution >= 0.6 is 11.3 Å². The molecule has 0 bridgehead atoms. The van der Waals surface area contributed by atoms with Crippen LogP contribution in [0.5, 0.6) is 0 Å². The van der Waals surface area contributed by atoms with E-state index < -0.39 is 0 Å². The molecule has 0 amide bonds. The average Bonchev–Trinajstić information content (AvgIpc) is 2.76. The van der Waals surface area contributed by atoms with E-state index >= 15 is 0 Å². The quantitative estimate of drug-likeness (QED) is 0.911. The van der Waals surface area contributed by atoms with E-state index in [0.29, 0.717) is 12.5 Å². The fourth-order valence-corrected chi connectivity index (χ4v) is 3.38. The standard InChI is InChI=1S/C15H20N2S/c1-9-5-10(2)14(11(3)6-9)15-17-13(8-18-15)12(4)7-16/h5-6,8,12H,7,16H2,1-4H3. The fraction of sp³-hybridized carbons (Fsp3) is 0.400. The molecular weight excluding hydrogens is 240 g/mol. The highest BCUT2D eigenvalue weighted by Gasteiger charge is 2.13. The number of thiazole rings is 1. The second kappa shape index (κ2) is 5.21. The Morgan fingerprint density at radius 3 is 2.39 bits per heavy atom. The van der Waals surface area contributed by atoms with E-state index in [1.807, 2.05) is 0 Å². The van der Waals surface area contributed by atoms with Crippen LogP contribution in [0.1, 0.15) is 35.2 Å². The summed E-state index contributed by atoms with van der Waals surface area (Å²) in [6.45, 7) is 9.21. The van der Waals surface area contributed by atoms with Gasteiger partial charge in [0.05, 0.1) is 5.69 Å². The van der Waals surface area contributed by atoms with Crippen LogP contribution in [-0.2, 0) is 0 Å². The largest absolute Gasteiger partial charge is 0.330 e. The highest BCUT2D eigenvalue weighted by molar-refractivity contribution is 7.13. The zero-order chi connectivity index (χ0) is 13.3. The van der Waals surface area contributed by atoms with E-state index in [2.05, 4.69) is 45.2 Å². The number of aromatic nitrogens is 1. The van der Waals surface area contributed by atoms with Crippen molar-refractivity contribution in [3.63, 3.8) is 0 Å². The van der Waals surface area contributed by atoms with Gasteiger partial charge in [-0.3, -0.25) is 0 Å². The first-order valence-electron chi connectivity index (χ1n) is 6.26. The lowest BCUT2D eigenvalue weighted by Gasteiger charge is -2.09. The molecule has 1 unspecified atom stereocenters. The summed E-state index contributed by atoms with van der Waals surface area (Å²) in [5, 5.41) is 3.24. The SMILES string of the molecule is Cc1cc(C)c(-c2nc(C(C)CN)cs2)c(C)c1. The average molecular weight is 260 g/mol. The number of hydrogen-bond acceptors (Lipinski definition) is 3. The summed E-state index contributed by atoms with van der Waals surface area (Å²) in [6.07, 6.45) is 0. The molecule has 0 spiro atoms. The van der Waals surface area contributed by atoms with Crippen molar-refractivity contribution in [2.75, 3.05) is 6.54 Å². The Balaban J connectivity index is 2.46. The molecule has 2 N–H and O–H groups in total. The van der Waals surface area contributed by atoms with Crippen LogP contribution in [0, 0.1) is 20.8 Å². The third-order valence-electron chi connectivity index (χ3n) is 3.27. The number of benzene rings is 1. The van der Waals surface area contributed by atoms with Gasteiger partial charge in [0.1, 0.15) is 5.01 Å². The first-order chi connectivity index (χ1) is 8.52. The maximum Gasteiger partial charge on any atom is 0.124 e. The van der Waals surface area contributed by atoms with Crippen molar-refractivity contribution in [2.45, 2.75) is 33.6 Å². The molecule has 2 nitrogen and oxygen atoms in total. The molecule has 3 heteroatoms. The molecule has 1 atom stereocenters. The molecule has 0 aliphatic heterocycles. The van der Waals surface area contributed by atoms with Gasteiger partial charge < -0.3 is 5.73 Å². The fourth-order valence-electron chi connectivity index (χ4n) is 2.27. The summed E-state index contributed by atoms with van der Waals surface area (Å²) in [5.74, 6) is 0.334. The molecule has 2 aromatic rings. The molecule has 2 rings (SSSR count). The van der Waals surface area contributed by atoms with E-state index in [-0.39, 0.29) is 0 Å². The van der Waals surface area contributed by atoms with E-state index in [4.69, 9.17) is 10.7 Å². The monoisotopic (exact) mass is 260 g/mol. The molecule has 0 fully saturated rings. The highest BCUT2D eigenvalue weighted by Crippen LogP contribution is 2.32. The molecule has 1 aromatic carbocycles. The summed E-state index contributed by atoms with van der Waals surface area (Å²) in [4.78, 5) is 4.74. The van der Waals surface area contributed by atoms with E-state index in [9.17, 15) is 0 Å². The molecule has 0 aliphatic carbocycles. The number of rotatable bonds is 3. The minimum Gasteiger partial charge on any atom is -0.330 e. The van der Waals surface area contributed by atoms with Crippen molar-refractivity contribution in [3.8, 4) is 10.6 Å². The Labute approximate surface area is 113 Å². The van der Waals surface area contributed by atoms with Gasteiger partial charge in [0.25, 0.3) is 0 Å². The van der Waals surface area contributed by atoms with Crippen molar-refractivity contribution in [1.82, 2.24) is 4.98 Å². The zero-order valence-corrected chi connectivity index (χ0v) is 12.3. The normalized spacial score (nSPS) is 12.7. The second-order valence-corrected chi connectivity index (χ2v) is 5.85. The summed E-state index contributed by atoms with van der Waals surface area (Å²) in [7, 11) is 0. The first-order valence-corrected chi connectivity index (χ1v) is 7.14. The predicted molar refractivity (Wildman–Crippen MR) is 79.2 cm³/mol. The van der Waals surface area contributed by atoms with Crippen LogP contribution in [0.2, 0.25) is 0 Å². The lowest BCUT2D eigenvalue weighted by atomic mass is 10.0. The van der Waals surface area contributed by atoms with Crippen LogP contribution in [0.15, 0.2) is 17.5 Å². The van der Waals surface area contributed by atoms with Crippen molar-refractivity contribution >= 4 is 11.3 Å². The number of aryl methyl sites for hydroxylation is 3. The first kappa shape index (κ1) is 13.2. The molecule has 18 heavy (non-hydrogen) atoms. The summed E-state index contributed by atoms with van der Waals surface area (Å²) in [5.41, 5.74) is 12.0. The van der Waals surface area contributed by atoms with Crippen LogP contribution < -0.4 is 5.73 Å². The van der Waals surface area contributed by atoms with Crippen LogP contribution in [0.25, 0.3) is 10.6 Å². The van der Waals surface area contributed by atoms with Crippen molar-refractivity contribution < 1.29 is 0 Å². The third kappa shape index (κ3) is 2.47. The maximum absolute atomic E-state index is 5.70. The highest BCUT2D eigenvalue weighted by atomic mass is 32.1. The maximum atomic E-state index is 5.70. The van der Waals surface area contributed by atoms with Crippen LogP contribution in [-0.4, -0.2) is 11.5 Å². The Morgan fingerprint density at radius 2 is 1.83 bits per heavy atom. The Hall–Kier alpha value is -1.19. The summed E-state index contributed by atoms with van der Waals surface area (Å²) >= 11 is 1.71.